The van der Waals surface area contributed by atoms with Gasteiger partial charge >= 0.3 is 0 Å². The van der Waals surface area contributed by atoms with E-state index in [4.69, 9.17) is 0 Å². The summed E-state index contributed by atoms with van der Waals surface area (Å²) in [6, 6.07) is 1.99. The highest BCUT2D eigenvalue weighted by molar-refractivity contribution is 7.89. The van der Waals surface area contributed by atoms with Gasteiger partial charge in [-0.3, -0.25) is 5.10 Å². The summed E-state index contributed by atoms with van der Waals surface area (Å²) in [5, 5.41) is 13.9. The largest absolute Gasteiger partial charge is 0.313 e. The lowest BCUT2D eigenvalue weighted by molar-refractivity contribution is 0.574. The van der Waals surface area contributed by atoms with Crippen LogP contribution >= 0.6 is 11.3 Å². The summed E-state index contributed by atoms with van der Waals surface area (Å²) in [6.45, 7) is 5.42. The number of thiophene rings is 1. The molecule has 0 aliphatic carbocycles. The summed E-state index contributed by atoms with van der Waals surface area (Å²) >= 11 is 1.61. The Morgan fingerprint density at radius 2 is 2.24 bits per heavy atom. The zero-order chi connectivity index (χ0) is 15.3. The van der Waals surface area contributed by atoms with Crippen molar-refractivity contribution in [2.75, 3.05) is 13.1 Å². The molecular weight excluding hydrogens is 308 g/mol. The van der Waals surface area contributed by atoms with Gasteiger partial charge in [-0.25, -0.2) is 13.1 Å². The molecule has 2 aromatic rings. The number of sulfonamides is 1. The van der Waals surface area contributed by atoms with E-state index in [1.54, 1.807) is 11.3 Å². The number of aromatic nitrogens is 2. The predicted octanol–water partition coefficient (Wildman–Crippen LogP) is 1.41. The molecule has 0 atom stereocenters. The lowest BCUT2D eigenvalue weighted by Gasteiger charge is -2.07. The Hall–Kier alpha value is -1.22. The molecule has 0 radical (unpaired) electrons. The van der Waals surface area contributed by atoms with Crippen LogP contribution in [0.2, 0.25) is 0 Å². The third-order valence-electron chi connectivity index (χ3n) is 3.13. The monoisotopic (exact) mass is 328 g/mol. The van der Waals surface area contributed by atoms with Crippen LogP contribution in [0.3, 0.4) is 0 Å². The second kappa shape index (κ2) is 7.17. The number of nitrogens with zero attached hydrogens (tertiary/aromatic N) is 1. The van der Waals surface area contributed by atoms with Crippen molar-refractivity contribution in [2.24, 2.45) is 0 Å². The minimum Gasteiger partial charge on any atom is -0.313 e. The van der Waals surface area contributed by atoms with Gasteiger partial charge in [0.2, 0.25) is 0 Å². The number of hydrogen-bond donors (Lipinski definition) is 3. The van der Waals surface area contributed by atoms with Gasteiger partial charge < -0.3 is 5.32 Å². The summed E-state index contributed by atoms with van der Waals surface area (Å²) in [4.78, 5) is 0. The second-order valence-corrected chi connectivity index (χ2v) is 7.15. The van der Waals surface area contributed by atoms with Gasteiger partial charge in [0.05, 0.1) is 0 Å². The molecule has 0 bridgehead atoms. The van der Waals surface area contributed by atoms with Crippen LogP contribution in [-0.4, -0.2) is 31.7 Å². The first kappa shape index (κ1) is 16.2. The molecule has 116 valence electrons. The average Bonchev–Trinajstić information content (AvgIpc) is 3.06. The van der Waals surface area contributed by atoms with Crippen molar-refractivity contribution < 1.29 is 8.42 Å². The normalized spacial score (nSPS) is 11.9. The summed E-state index contributed by atoms with van der Waals surface area (Å²) in [5.74, 6) is 0. The third-order valence-corrected chi connectivity index (χ3v) is 5.29. The highest BCUT2D eigenvalue weighted by atomic mass is 32.2. The van der Waals surface area contributed by atoms with Crippen molar-refractivity contribution >= 4 is 21.4 Å². The van der Waals surface area contributed by atoms with Crippen LogP contribution in [0.4, 0.5) is 0 Å². The van der Waals surface area contributed by atoms with Gasteiger partial charge in [-0.05, 0) is 42.3 Å². The SMILES string of the molecule is CCNCc1c(S(=O)(=O)NCCc2ccsc2)n[nH]c1C. The zero-order valence-electron chi connectivity index (χ0n) is 12.1. The van der Waals surface area contributed by atoms with Crippen molar-refractivity contribution in [2.45, 2.75) is 31.8 Å². The molecule has 2 heterocycles. The second-order valence-electron chi connectivity index (χ2n) is 4.69. The van der Waals surface area contributed by atoms with E-state index in [1.165, 1.54) is 0 Å². The maximum absolute atomic E-state index is 12.3. The van der Waals surface area contributed by atoms with Crippen LogP contribution in [0.25, 0.3) is 0 Å². The molecule has 0 aliphatic rings. The van der Waals surface area contributed by atoms with Gasteiger partial charge in [-0.15, -0.1) is 0 Å². The van der Waals surface area contributed by atoms with Gasteiger partial charge in [-0.2, -0.15) is 16.4 Å². The summed E-state index contributed by atoms with van der Waals surface area (Å²) in [5.41, 5.74) is 2.60. The van der Waals surface area contributed by atoms with E-state index < -0.39 is 10.0 Å². The molecule has 6 nitrogen and oxygen atoms in total. The van der Waals surface area contributed by atoms with E-state index in [9.17, 15) is 8.42 Å². The van der Waals surface area contributed by atoms with Crippen LogP contribution in [0.5, 0.6) is 0 Å². The Morgan fingerprint density at radius 1 is 1.43 bits per heavy atom. The van der Waals surface area contributed by atoms with E-state index in [2.05, 4.69) is 20.2 Å². The Balaban J connectivity index is 2.05. The van der Waals surface area contributed by atoms with Crippen LogP contribution in [0.1, 0.15) is 23.7 Å². The topological polar surface area (TPSA) is 86.9 Å². The molecule has 0 fully saturated rings. The molecule has 2 aromatic heterocycles. The van der Waals surface area contributed by atoms with Crippen molar-refractivity contribution in [1.82, 2.24) is 20.2 Å². The zero-order valence-corrected chi connectivity index (χ0v) is 13.8. The molecular formula is C13H20N4O2S2. The molecule has 0 amide bonds. The highest BCUT2D eigenvalue weighted by Crippen LogP contribution is 2.16. The maximum Gasteiger partial charge on any atom is 0.260 e. The predicted molar refractivity (Wildman–Crippen MR) is 83.9 cm³/mol. The Morgan fingerprint density at radius 3 is 2.90 bits per heavy atom. The van der Waals surface area contributed by atoms with Crippen molar-refractivity contribution in [3.63, 3.8) is 0 Å². The first-order valence-corrected chi connectivity index (χ1v) is 9.22. The summed E-state index contributed by atoms with van der Waals surface area (Å²) in [7, 11) is -3.58. The number of H-pyrrole nitrogens is 1. The van der Waals surface area contributed by atoms with Crippen molar-refractivity contribution in [3.05, 3.63) is 33.6 Å². The highest BCUT2D eigenvalue weighted by Gasteiger charge is 2.23. The lowest BCUT2D eigenvalue weighted by Crippen LogP contribution is -2.28. The maximum atomic E-state index is 12.3. The first-order chi connectivity index (χ1) is 10.0. The van der Waals surface area contributed by atoms with E-state index in [-0.39, 0.29) is 5.03 Å². The van der Waals surface area contributed by atoms with Crippen LogP contribution in [0, 0.1) is 6.92 Å². The molecule has 0 unspecified atom stereocenters. The van der Waals surface area contributed by atoms with E-state index >= 15 is 0 Å². The van der Waals surface area contributed by atoms with Gasteiger partial charge in [-0.1, -0.05) is 6.92 Å². The van der Waals surface area contributed by atoms with Crippen LogP contribution in [0.15, 0.2) is 21.9 Å². The molecule has 0 aromatic carbocycles. The first-order valence-electron chi connectivity index (χ1n) is 6.80. The molecule has 8 heteroatoms. The molecule has 21 heavy (non-hydrogen) atoms. The fourth-order valence-corrected chi connectivity index (χ4v) is 3.87. The third kappa shape index (κ3) is 4.13. The van der Waals surface area contributed by atoms with Crippen LogP contribution in [-0.2, 0) is 23.0 Å². The molecule has 0 aliphatic heterocycles. The van der Waals surface area contributed by atoms with Gasteiger partial charge in [0.1, 0.15) is 0 Å². The average molecular weight is 328 g/mol. The van der Waals surface area contributed by atoms with E-state index in [0.29, 0.717) is 25.1 Å². The molecule has 0 spiro atoms. The fraction of sp³-hybridized carbons (Fsp3) is 0.462. The molecule has 2 rings (SSSR count). The Labute approximate surface area is 129 Å². The smallest absolute Gasteiger partial charge is 0.260 e. The molecule has 3 N–H and O–H groups in total. The standard InChI is InChI=1S/C13H20N4O2S2/c1-3-14-8-12-10(2)16-17-13(12)21(18,19)15-6-4-11-5-7-20-9-11/h5,7,9,14-15H,3-4,6,8H2,1-2H3,(H,16,17). The quantitative estimate of drug-likeness (QED) is 0.684. The van der Waals surface area contributed by atoms with E-state index in [1.807, 2.05) is 30.7 Å². The van der Waals surface area contributed by atoms with Crippen LogP contribution < -0.4 is 10.0 Å². The fourth-order valence-electron chi connectivity index (χ4n) is 1.94. The van der Waals surface area contributed by atoms with Crippen molar-refractivity contribution in [3.8, 4) is 0 Å². The minimum absolute atomic E-state index is 0.0891. The minimum atomic E-state index is -3.58. The number of aromatic amines is 1. The summed E-state index contributed by atoms with van der Waals surface area (Å²) in [6.07, 6.45) is 0.675. The summed E-state index contributed by atoms with van der Waals surface area (Å²) < 4.78 is 27.3. The molecule has 0 saturated heterocycles. The lowest BCUT2D eigenvalue weighted by atomic mass is 10.2. The molecule has 0 saturated carbocycles. The van der Waals surface area contributed by atoms with Gasteiger partial charge in [0.15, 0.2) is 5.03 Å². The Bertz CT molecular complexity index is 662. The van der Waals surface area contributed by atoms with E-state index in [0.717, 1.165) is 17.8 Å². The van der Waals surface area contributed by atoms with Gasteiger partial charge in [0.25, 0.3) is 10.0 Å². The van der Waals surface area contributed by atoms with Gasteiger partial charge in [0, 0.05) is 24.3 Å². The Kier molecular flexibility index (Phi) is 5.51. The number of hydrogen-bond acceptors (Lipinski definition) is 5. The number of nitrogens with one attached hydrogen (secondary N) is 3. The number of aryl methyl sites for hydroxylation is 1. The number of rotatable bonds is 8. The van der Waals surface area contributed by atoms with Crippen molar-refractivity contribution in [1.29, 1.82) is 0 Å².